The molecule has 0 aliphatic carbocycles. The molecule has 0 aliphatic rings. The molecule has 114 valence electrons. The van der Waals surface area contributed by atoms with Gasteiger partial charge in [0, 0.05) is 31.5 Å². The van der Waals surface area contributed by atoms with Crippen LogP contribution in [-0.2, 0) is 17.8 Å². The minimum absolute atomic E-state index is 0.576. The Labute approximate surface area is 121 Å². The number of ether oxygens (including phenoxy) is 1. The van der Waals surface area contributed by atoms with Gasteiger partial charge in [0.2, 0.25) is 0 Å². The molecule has 1 aromatic heterocycles. The molecule has 0 saturated heterocycles. The van der Waals surface area contributed by atoms with Crippen molar-refractivity contribution >= 4 is 5.96 Å². The first-order valence-electron chi connectivity index (χ1n) is 7.11. The molecule has 0 unspecified atom stereocenters. The molecule has 0 radical (unpaired) electrons. The zero-order chi connectivity index (χ0) is 15.1. The summed E-state index contributed by atoms with van der Waals surface area (Å²) in [6, 6.07) is 0. The van der Waals surface area contributed by atoms with E-state index < -0.39 is 0 Å². The molecular weight excluding hydrogens is 254 g/mol. The summed E-state index contributed by atoms with van der Waals surface area (Å²) in [5.41, 5.74) is 9.30. The van der Waals surface area contributed by atoms with E-state index in [1.54, 1.807) is 7.11 Å². The van der Waals surface area contributed by atoms with E-state index in [9.17, 15) is 0 Å². The van der Waals surface area contributed by atoms with Crippen LogP contribution in [0.4, 0.5) is 0 Å². The van der Waals surface area contributed by atoms with Crippen LogP contribution >= 0.6 is 0 Å². The average Bonchev–Trinajstić information content (AvgIpc) is 2.70. The molecule has 1 heterocycles. The van der Waals surface area contributed by atoms with Gasteiger partial charge in [0.25, 0.3) is 0 Å². The summed E-state index contributed by atoms with van der Waals surface area (Å²) in [5.74, 6) is 0.596. The van der Waals surface area contributed by atoms with Gasteiger partial charge in [-0.1, -0.05) is 0 Å². The number of guanidine groups is 1. The number of aryl methyl sites for hydroxylation is 1. The Morgan fingerprint density at radius 2 is 2.00 bits per heavy atom. The molecule has 6 nitrogen and oxygen atoms in total. The Hall–Kier alpha value is -1.56. The fourth-order valence-electron chi connectivity index (χ4n) is 2.17. The van der Waals surface area contributed by atoms with Crippen molar-refractivity contribution in [3.8, 4) is 0 Å². The molecule has 20 heavy (non-hydrogen) atoms. The van der Waals surface area contributed by atoms with Crippen LogP contribution in [0.2, 0.25) is 0 Å². The van der Waals surface area contributed by atoms with Crippen LogP contribution in [0.3, 0.4) is 0 Å². The molecule has 1 aromatic rings. The Morgan fingerprint density at radius 3 is 2.55 bits per heavy atom. The largest absolute Gasteiger partial charge is 0.383 e. The van der Waals surface area contributed by atoms with Crippen LogP contribution < -0.4 is 5.73 Å². The van der Waals surface area contributed by atoms with Gasteiger partial charge < -0.3 is 15.4 Å². The molecular formula is C14H27N5O. The number of aliphatic imine (C=N–C) groups is 1. The van der Waals surface area contributed by atoms with Crippen LogP contribution in [-0.4, -0.2) is 47.4 Å². The lowest BCUT2D eigenvalue weighted by atomic mass is 10.2. The molecule has 0 aliphatic heterocycles. The van der Waals surface area contributed by atoms with Gasteiger partial charge in [-0.25, -0.2) is 4.99 Å². The van der Waals surface area contributed by atoms with E-state index in [-0.39, 0.29) is 0 Å². The summed E-state index contributed by atoms with van der Waals surface area (Å²) in [7, 11) is 1.70. The summed E-state index contributed by atoms with van der Waals surface area (Å²) >= 11 is 0. The highest BCUT2D eigenvalue weighted by atomic mass is 16.5. The second kappa shape index (κ2) is 7.89. The van der Waals surface area contributed by atoms with Crippen molar-refractivity contribution in [3.05, 3.63) is 17.0 Å². The number of aromatic nitrogens is 2. The Kier molecular flexibility index (Phi) is 6.51. The number of hydrogen-bond acceptors (Lipinski definition) is 3. The summed E-state index contributed by atoms with van der Waals surface area (Å²) in [4.78, 5) is 6.53. The minimum Gasteiger partial charge on any atom is -0.383 e. The van der Waals surface area contributed by atoms with E-state index in [1.165, 1.54) is 0 Å². The maximum Gasteiger partial charge on any atom is 0.191 e. The molecule has 0 aromatic carbocycles. The smallest absolute Gasteiger partial charge is 0.191 e. The Morgan fingerprint density at radius 1 is 1.35 bits per heavy atom. The van der Waals surface area contributed by atoms with E-state index in [0.29, 0.717) is 19.1 Å². The third-order valence-electron chi connectivity index (χ3n) is 3.53. The summed E-state index contributed by atoms with van der Waals surface area (Å²) in [5, 5.41) is 4.52. The molecule has 0 bridgehead atoms. The monoisotopic (exact) mass is 281 g/mol. The van der Waals surface area contributed by atoms with Crippen molar-refractivity contribution in [1.82, 2.24) is 14.7 Å². The van der Waals surface area contributed by atoms with Crippen LogP contribution in [0.5, 0.6) is 0 Å². The van der Waals surface area contributed by atoms with Gasteiger partial charge in [-0.2, -0.15) is 5.10 Å². The number of methoxy groups -OCH3 is 1. The first-order chi connectivity index (χ1) is 9.54. The number of hydrogen-bond donors (Lipinski definition) is 1. The summed E-state index contributed by atoms with van der Waals surface area (Å²) in [6.45, 7) is 12.0. The summed E-state index contributed by atoms with van der Waals surface area (Å²) < 4.78 is 7.06. The van der Waals surface area contributed by atoms with Gasteiger partial charge in [-0.05, 0) is 27.7 Å². The maximum absolute atomic E-state index is 6.00. The lowest BCUT2D eigenvalue weighted by Gasteiger charge is -2.19. The van der Waals surface area contributed by atoms with Crippen molar-refractivity contribution in [2.45, 2.75) is 40.8 Å². The van der Waals surface area contributed by atoms with E-state index in [0.717, 1.165) is 36.6 Å². The minimum atomic E-state index is 0.576. The molecule has 0 atom stereocenters. The number of nitrogens with zero attached hydrogens (tertiary/aromatic N) is 4. The molecule has 0 saturated carbocycles. The zero-order valence-corrected chi connectivity index (χ0v) is 13.3. The molecule has 1 rings (SSSR count). The molecule has 0 amide bonds. The van der Waals surface area contributed by atoms with Gasteiger partial charge in [-0.3, -0.25) is 4.68 Å². The predicted octanol–water partition coefficient (Wildman–Crippen LogP) is 1.30. The highest BCUT2D eigenvalue weighted by molar-refractivity contribution is 5.78. The molecule has 2 N–H and O–H groups in total. The van der Waals surface area contributed by atoms with E-state index in [1.807, 2.05) is 16.5 Å². The molecule has 6 heteroatoms. The fourth-order valence-corrected chi connectivity index (χ4v) is 2.17. The van der Waals surface area contributed by atoms with Crippen molar-refractivity contribution in [2.75, 3.05) is 26.8 Å². The maximum atomic E-state index is 6.00. The van der Waals surface area contributed by atoms with Crippen molar-refractivity contribution in [3.63, 3.8) is 0 Å². The van der Waals surface area contributed by atoms with Crippen molar-refractivity contribution in [1.29, 1.82) is 0 Å². The van der Waals surface area contributed by atoms with Crippen LogP contribution in [0.25, 0.3) is 0 Å². The van der Waals surface area contributed by atoms with Crippen molar-refractivity contribution < 1.29 is 4.74 Å². The van der Waals surface area contributed by atoms with Crippen LogP contribution in [0.15, 0.2) is 4.99 Å². The fraction of sp³-hybridized carbons (Fsp3) is 0.714. The van der Waals surface area contributed by atoms with E-state index in [2.05, 4.69) is 30.9 Å². The third kappa shape index (κ3) is 3.96. The number of nitrogens with two attached hydrogens (primary N) is 1. The van der Waals surface area contributed by atoms with Crippen LogP contribution in [0.1, 0.15) is 30.8 Å². The lowest BCUT2D eigenvalue weighted by molar-refractivity contribution is 0.182. The van der Waals surface area contributed by atoms with Gasteiger partial charge in [0.1, 0.15) is 0 Å². The average molecular weight is 281 g/mol. The highest BCUT2D eigenvalue weighted by Crippen LogP contribution is 2.14. The van der Waals surface area contributed by atoms with Crippen molar-refractivity contribution in [2.24, 2.45) is 10.7 Å². The SMILES string of the molecule is CCN(CC)C(N)=NCc1c(C)nn(CCOC)c1C. The Balaban J connectivity index is 2.82. The van der Waals surface area contributed by atoms with Gasteiger partial charge in [-0.15, -0.1) is 0 Å². The molecule has 0 fully saturated rings. The Bertz CT molecular complexity index is 449. The van der Waals surface area contributed by atoms with Gasteiger partial charge >= 0.3 is 0 Å². The van der Waals surface area contributed by atoms with Crippen LogP contribution in [0, 0.1) is 13.8 Å². The first kappa shape index (κ1) is 16.5. The predicted molar refractivity (Wildman–Crippen MR) is 81.8 cm³/mol. The van der Waals surface area contributed by atoms with Gasteiger partial charge in [0.15, 0.2) is 5.96 Å². The lowest BCUT2D eigenvalue weighted by Crippen LogP contribution is -2.37. The zero-order valence-electron chi connectivity index (χ0n) is 13.3. The van der Waals surface area contributed by atoms with E-state index >= 15 is 0 Å². The first-order valence-corrected chi connectivity index (χ1v) is 7.11. The standard InChI is InChI=1S/C14H27N5O/c1-6-18(7-2)14(15)16-10-13-11(3)17-19(12(13)4)8-9-20-5/h6-10H2,1-5H3,(H2,15,16). The topological polar surface area (TPSA) is 68.7 Å². The second-order valence-electron chi connectivity index (χ2n) is 4.71. The van der Waals surface area contributed by atoms with Gasteiger partial charge in [0.05, 0.1) is 25.4 Å². The normalized spacial score (nSPS) is 11.9. The quantitative estimate of drug-likeness (QED) is 0.604. The number of rotatable bonds is 7. The summed E-state index contributed by atoms with van der Waals surface area (Å²) in [6.07, 6.45) is 0. The van der Waals surface area contributed by atoms with E-state index in [4.69, 9.17) is 10.5 Å². The molecule has 0 spiro atoms. The third-order valence-corrected chi connectivity index (χ3v) is 3.53. The highest BCUT2D eigenvalue weighted by Gasteiger charge is 2.11. The second-order valence-corrected chi connectivity index (χ2v) is 4.71.